The van der Waals surface area contributed by atoms with E-state index in [1.54, 1.807) is 0 Å². The molecular formula is C45H27N3OS. The van der Waals surface area contributed by atoms with Gasteiger partial charge >= 0.3 is 0 Å². The Labute approximate surface area is 292 Å². The average molecular weight is 658 g/mol. The van der Waals surface area contributed by atoms with E-state index in [-0.39, 0.29) is 0 Å². The first-order chi connectivity index (χ1) is 24.8. The molecule has 234 valence electrons. The van der Waals surface area contributed by atoms with Gasteiger partial charge in [-0.3, -0.25) is 0 Å². The fraction of sp³-hybridized carbons (Fsp3) is 0. The molecular weight excluding hydrogens is 631 g/mol. The highest BCUT2D eigenvalue weighted by atomic mass is 32.1. The fourth-order valence-corrected chi connectivity index (χ4v) is 8.23. The van der Waals surface area contributed by atoms with Crippen LogP contribution < -0.4 is 0 Å². The number of nitrogens with zero attached hydrogens (tertiary/aromatic N) is 3. The largest absolute Gasteiger partial charge is 0.456 e. The Morgan fingerprint density at radius 2 is 1.00 bits per heavy atom. The van der Waals surface area contributed by atoms with Gasteiger partial charge in [0.15, 0.2) is 17.5 Å². The molecule has 7 aromatic carbocycles. The SMILES string of the molecule is c1ccc(-c2cccc(-c3cccc4c3sc3cccc(-c5nc(-c6ccccc6)nc(-c6ccc7c(c6)oc6ccccc67)n5)c34)c2)cc1. The van der Waals surface area contributed by atoms with Crippen molar-refractivity contribution < 1.29 is 4.42 Å². The van der Waals surface area contributed by atoms with Crippen LogP contribution in [0.1, 0.15) is 0 Å². The maximum atomic E-state index is 6.25. The number of hydrogen-bond acceptors (Lipinski definition) is 5. The van der Waals surface area contributed by atoms with E-state index >= 15 is 0 Å². The van der Waals surface area contributed by atoms with E-state index in [0.29, 0.717) is 17.5 Å². The molecule has 0 unspecified atom stereocenters. The van der Waals surface area contributed by atoms with E-state index in [0.717, 1.165) is 44.0 Å². The second-order valence-electron chi connectivity index (χ2n) is 12.4. The van der Waals surface area contributed by atoms with Gasteiger partial charge in [-0.2, -0.15) is 0 Å². The highest BCUT2D eigenvalue weighted by molar-refractivity contribution is 7.26. The predicted octanol–water partition coefficient (Wildman–Crippen LogP) is 12.5. The van der Waals surface area contributed by atoms with Gasteiger partial charge in [-0.1, -0.05) is 133 Å². The first-order valence-electron chi connectivity index (χ1n) is 16.6. The average Bonchev–Trinajstić information content (AvgIpc) is 3.77. The third-order valence-electron chi connectivity index (χ3n) is 9.35. The fourth-order valence-electron chi connectivity index (χ4n) is 6.97. The summed E-state index contributed by atoms with van der Waals surface area (Å²) >= 11 is 1.81. The van der Waals surface area contributed by atoms with E-state index < -0.39 is 0 Å². The number of aromatic nitrogens is 3. The summed E-state index contributed by atoms with van der Waals surface area (Å²) in [4.78, 5) is 15.3. The van der Waals surface area contributed by atoms with E-state index in [9.17, 15) is 0 Å². The van der Waals surface area contributed by atoms with Crippen LogP contribution in [0.4, 0.5) is 0 Å². The van der Waals surface area contributed by atoms with Gasteiger partial charge in [0, 0.05) is 47.6 Å². The Morgan fingerprint density at radius 3 is 1.86 bits per heavy atom. The van der Waals surface area contributed by atoms with Crippen LogP contribution in [-0.4, -0.2) is 15.0 Å². The van der Waals surface area contributed by atoms with Crippen LogP contribution in [0.15, 0.2) is 168 Å². The molecule has 0 saturated carbocycles. The van der Waals surface area contributed by atoms with Crippen LogP contribution in [0, 0.1) is 0 Å². The Bertz CT molecular complexity index is 2870. The molecule has 3 heterocycles. The van der Waals surface area contributed by atoms with Crippen LogP contribution in [0.5, 0.6) is 0 Å². The van der Waals surface area contributed by atoms with Crippen LogP contribution in [-0.2, 0) is 0 Å². The van der Waals surface area contributed by atoms with Gasteiger partial charge in [-0.05, 0) is 52.6 Å². The van der Waals surface area contributed by atoms with Crippen LogP contribution in [0.3, 0.4) is 0 Å². The minimum Gasteiger partial charge on any atom is -0.456 e. The second kappa shape index (κ2) is 11.6. The van der Waals surface area contributed by atoms with Crippen LogP contribution in [0.25, 0.3) is 98.5 Å². The first-order valence-corrected chi connectivity index (χ1v) is 17.4. The standard InChI is InChI=1S/C45H27N3OS/c1-3-12-28(13-4-1)30-16-9-17-31(26-30)33-19-10-20-36-41-37(21-11-23-40(41)50-42(33)36)45-47-43(29-14-5-2-6-15-29)46-44(48-45)32-24-25-35-34-18-7-8-22-38(34)49-39(35)27-32/h1-27H. The minimum absolute atomic E-state index is 0.603. The van der Waals surface area contributed by atoms with Crippen molar-refractivity contribution in [2.75, 3.05) is 0 Å². The summed E-state index contributed by atoms with van der Waals surface area (Å²) in [6.07, 6.45) is 0. The van der Waals surface area contributed by atoms with Crippen LogP contribution in [0.2, 0.25) is 0 Å². The lowest BCUT2D eigenvalue weighted by atomic mass is 9.97. The minimum atomic E-state index is 0.603. The number of thiophene rings is 1. The third-order valence-corrected chi connectivity index (χ3v) is 10.6. The van der Waals surface area contributed by atoms with Crippen molar-refractivity contribution in [3.05, 3.63) is 164 Å². The van der Waals surface area contributed by atoms with E-state index in [4.69, 9.17) is 19.4 Å². The molecule has 0 radical (unpaired) electrons. The molecule has 10 aromatic rings. The highest BCUT2D eigenvalue weighted by Crippen LogP contribution is 2.44. The van der Waals surface area contributed by atoms with Crippen molar-refractivity contribution in [2.45, 2.75) is 0 Å². The van der Waals surface area contributed by atoms with Crippen molar-refractivity contribution in [1.29, 1.82) is 0 Å². The summed E-state index contributed by atoms with van der Waals surface area (Å²) in [7, 11) is 0. The molecule has 0 spiro atoms. The number of rotatable bonds is 5. The lowest BCUT2D eigenvalue weighted by Gasteiger charge is -2.10. The molecule has 3 aromatic heterocycles. The lowest BCUT2D eigenvalue weighted by molar-refractivity contribution is 0.669. The van der Waals surface area contributed by atoms with Crippen molar-refractivity contribution in [1.82, 2.24) is 15.0 Å². The molecule has 0 amide bonds. The molecule has 0 fully saturated rings. The van der Waals surface area contributed by atoms with Crippen molar-refractivity contribution in [2.24, 2.45) is 0 Å². The normalized spacial score (nSPS) is 11.6. The number of hydrogen-bond donors (Lipinski definition) is 0. The predicted molar refractivity (Wildman–Crippen MR) is 207 cm³/mol. The maximum absolute atomic E-state index is 6.25. The number of para-hydroxylation sites is 1. The zero-order valence-corrected chi connectivity index (χ0v) is 27.6. The molecule has 5 heteroatoms. The topological polar surface area (TPSA) is 51.8 Å². The quantitative estimate of drug-likeness (QED) is 0.185. The molecule has 0 N–H and O–H groups in total. The van der Waals surface area contributed by atoms with Crippen molar-refractivity contribution >= 4 is 53.4 Å². The summed E-state index contributed by atoms with van der Waals surface area (Å²) in [6.45, 7) is 0. The Hall–Kier alpha value is -6.43. The van der Waals surface area contributed by atoms with Gasteiger partial charge in [0.05, 0.1) is 0 Å². The summed E-state index contributed by atoms with van der Waals surface area (Å²) < 4.78 is 8.68. The molecule has 0 atom stereocenters. The van der Waals surface area contributed by atoms with Crippen molar-refractivity contribution in [3.8, 4) is 56.4 Å². The molecule has 4 nitrogen and oxygen atoms in total. The second-order valence-corrected chi connectivity index (χ2v) is 13.4. The summed E-state index contributed by atoms with van der Waals surface area (Å²) in [5, 5.41) is 4.51. The maximum Gasteiger partial charge on any atom is 0.164 e. The first kappa shape index (κ1) is 28.6. The van der Waals surface area contributed by atoms with Gasteiger partial charge < -0.3 is 4.42 Å². The van der Waals surface area contributed by atoms with Gasteiger partial charge in [-0.25, -0.2) is 15.0 Å². The van der Waals surface area contributed by atoms with E-state index in [2.05, 4.69) is 109 Å². The smallest absolute Gasteiger partial charge is 0.164 e. The zero-order chi connectivity index (χ0) is 33.0. The zero-order valence-electron chi connectivity index (χ0n) is 26.7. The lowest BCUT2D eigenvalue weighted by Crippen LogP contribution is -2.00. The molecule has 0 bridgehead atoms. The number of furan rings is 1. The summed E-state index contributed by atoms with van der Waals surface area (Å²) in [5.41, 5.74) is 9.28. The molecule has 50 heavy (non-hydrogen) atoms. The summed E-state index contributed by atoms with van der Waals surface area (Å²) in [6, 6.07) is 56.9. The van der Waals surface area contributed by atoms with Crippen molar-refractivity contribution in [3.63, 3.8) is 0 Å². The number of fused-ring (bicyclic) bond motifs is 6. The highest BCUT2D eigenvalue weighted by Gasteiger charge is 2.19. The molecule has 0 saturated heterocycles. The van der Waals surface area contributed by atoms with E-state index in [1.807, 2.05) is 65.9 Å². The Balaban J connectivity index is 1.16. The number of benzene rings is 7. The van der Waals surface area contributed by atoms with Crippen LogP contribution >= 0.6 is 11.3 Å². The molecule has 0 aliphatic rings. The van der Waals surface area contributed by atoms with Gasteiger partial charge in [-0.15, -0.1) is 11.3 Å². The molecule has 0 aliphatic heterocycles. The van der Waals surface area contributed by atoms with E-state index in [1.165, 1.54) is 37.0 Å². The third kappa shape index (κ3) is 4.79. The molecule has 0 aliphatic carbocycles. The van der Waals surface area contributed by atoms with Gasteiger partial charge in [0.1, 0.15) is 11.2 Å². The van der Waals surface area contributed by atoms with Gasteiger partial charge in [0.25, 0.3) is 0 Å². The van der Waals surface area contributed by atoms with Gasteiger partial charge in [0.2, 0.25) is 0 Å². The Morgan fingerprint density at radius 1 is 0.380 bits per heavy atom. The Kier molecular flexibility index (Phi) is 6.64. The summed E-state index contributed by atoms with van der Waals surface area (Å²) in [5.74, 6) is 1.87. The monoisotopic (exact) mass is 657 g/mol. The molecule has 10 rings (SSSR count).